The van der Waals surface area contributed by atoms with Crippen LogP contribution in [0.1, 0.15) is 5.01 Å². The molecule has 1 aromatic heterocycles. The summed E-state index contributed by atoms with van der Waals surface area (Å²) in [5.41, 5.74) is 5.20. The van der Waals surface area contributed by atoms with Gasteiger partial charge in [0.25, 0.3) is 0 Å². The number of hydrogen-bond donors (Lipinski definition) is 2. The molecular weight excluding hydrogens is 124 g/mol. The fourth-order valence-electron chi connectivity index (χ4n) is 0.305. The van der Waals surface area contributed by atoms with Crippen LogP contribution in [0.5, 0.6) is 0 Å². The van der Waals surface area contributed by atoms with E-state index in [9.17, 15) is 0 Å². The highest BCUT2D eigenvalue weighted by molar-refractivity contribution is 7.16. The topological polar surface area (TPSA) is 75.7 Å². The van der Waals surface area contributed by atoms with Gasteiger partial charge >= 0.3 is 0 Å². The largest absolute Gasteiger partial charge is 0.374 e. The zero-order chi connectivity index (χ0) is 5.98. The van der Waals surface area contributed by atoms with Crippen molar-refractivity contribution in [3.8, 4) is 0 Å². The zero-order valence-electron chi connectivity index (χ0n) is 3.96. The van der Waals surface area contributed by atoms with Crippen LogP contribution in [0.3, 0.4) is 0 Å². The van der Waals surface area contributed by atoms with Crippen LogP contribution in [-0.2, 0) is 0 Å². The Labute approximate surface area is 49.9 Å². The first-order chi connectivity index (χ1) is 3.83. The number of rotatable bonds is 1. The van der Waals surface area contributed by atoms with Crippen LogP contribution in [0.4, 0.5) is 5.13 Å². The van der Waals surface area contributed by atoms with Crippen molar-refractivity contribution in [1.82, 2.24) is 10.2 Å². The Morgan fingerprint density at radius 1 is 1.62 bits per heavy atom. The molecule has 0 saturated carbocycles. The number of nitrogens with zero attached hydrogens (tertiary/aromatic N) is 2. The molecule has 0 radical (unpaired) electrons. The number of nitrogens with two attached hydrogens (primary N) is 1. The highest BCUT2D eigenvalue weighted by Crippen LogP contribution is 2.06. The molecule has 0 amide bonds. The van der Waals surface area contributed by atoms with Crippen LogP contribution >= 0.6 is 11.3 Å². The van der Waals surface area contributed by atoms with E-state index in [4.69, 9.17) is 11.1 Å². The van der Waals surface area contributed by atoms with E-state index in [-0.39, 0.29) is 0 Å². The minimum atomic E-state index is 0.406. The smallest absolute Gasteiger partial charge is 0.203 e. The van der Waals surface area contributed by atoms with Crippen molar-refractivity contribution < 1.29 is 0 Å². The lowest BCUT2D eigenvalue weighted by atomic mass is 10.8. The van der Waals surface area contributed by atoms with Crippen molar-refractivity contribution in [2.75, 3.05) is 5.73 Å². The molecule has 0 aromatic carbocycles. The fourth-order valence-corrected chi connectivity index (χ4v) is 0.741. The van der Waals surface area contributed by atoms with E-state index in [0.29, 0.717) is 10.1 Å². The first-order valence-corrected chi connectivity index (χ1v) is 2.74. The molecule has 4 nitrogen and oxygen atoms in total. The molecular formula is C3H4N4S. The van der Waals surface area contributed by atoms with E-state index >= 15 is 0 Å². The Morgan fingerprint density at radius 3 is 2.62 bits per heavy atom. The van der Waals surface area contributed by atoms with Crippen LogP contribution in [0, 0.1) is 5.41 Å². The Balaban J connectivity index is 3.00. The molecule has 0 fully saturated rings. The highest BCUT2D eigenvalue weighted by Gasteiger charge is 1.92. The summed E-state index contributed by atoms with van der Waals surface area (Å²) in [6.07, 6.45) is 1.12. The highest BCUT2D eigenvalue weighted by atomic mass is 32.1. The summed E-state index contributed by atoms with van der Waals surface area (Å²) in [4.78, 5) is 0. The maximum Gasteiger partial charge on any atom is 0.203 e. The Hall–Kier alpha value is -0.970. The quantitative estimate of drug-likeness (QED) is 0.527. The van der Waals surface area contributed by atoms with Gasteiger partial charge in [-0.1, -0.05) is 11.3 Å². The van der Waals surface area contributed by atoms with Gasteiger partial charge in [0.2, 0.25) is 5.13 Å². The van der Waals surface area contributed by atoms with Crippen LogP contribution < -0.4 is 5.73 Å². The molecule has 0 spiro atoms. The zero-order valence-corrected chi connectivity index (χ0v) is 4.77. The molecule has 0 unspecified atom stereocenters. The second-order valence-electron chi connectivity index (χ2n) is 1.12. The maximum atomic E-state index is 6.68. The minimum Gasteiger partial charge on any atom is -0.374 e. The van der Waals surface area contributed by atoms with Gasteiger partial charge in [-0.3, -0.25) is 0 Å². The second-order valence-corrected chi connectivity index (χ2v) is 2.16. The Kier molecular flexibility index (Phi) is 1.21. The van der Waals surface area contributed by atoms with Crippen molar-refractivity contribution in [3.05, 3.63) is 5.01 Å². The molecule has 1 heterocycles. The summed E-state index contributed by atoms with van der Waals surface area (Å²) in [5.74, 6) is 0. The van der Waals surface area contributed by atoms with Crippen LogP contribution in [0.2, 0.25) is 0 Å². The predicted molar refractivity (Wildman–Crippen MR) is 32.2 cm³/mol. The molecule has 0 aliphatic heterocycles. The summed E-state index contributed by atoms with van der Waals surface area (Å²) >= 11 is 1.20. The predicted octanol–water partition coefficient (Wildman–Crippen LogP) is 0.118. The number of nitrogens with one attached hydrogen (secondary N) is 1. The lowest BCUT2D eigenvalue weighted by molar-refractivity contribution is 1.09. The molecule has 1 rings (SSSR count). The van der Waals surface area contributed by atoms with Gasteiger partial charge in [0.1, 0.15) is 0 Å². The molecule has 0 bridgehead atoms. The van der Waals surface area contributed by atoms with Gasteiger partial charge < -0.3 is 11.1 Å². The lowest BCUT2D eigenvalue weighted by Gasteiger charge is -1.68. The number of hydrogen-bond acceptors (Lipinski definition) is 5. The second kappa shape index (κ2) is 1.87. The van der Waals surface area contributed by atoms with Crippen molar-refractivity contribution in [2.45, 2.75) is 0 Å². The van der Waals surface area contributed by atoms with Gasteiger partial charge in [0.15, 0.2) is 5.01 Å². The van der Waals surface area contributed by atoms with Crippen molar-refractivity contribution in [3.63, 3.8) is 0 Å². The van der Waals surface area contributed by atoms with Crippen LogP contribution in [-0.4, -0.2) is 16.4 Å². The molecule has 0 saturated heterocycles. The first-order valence-electron chi connectivity index (χ1n) is 1.92. The van der Waals surface area contributed by atoms with Crippen molar-refractivity contribution >= 4 is 22.7 Å². The first kappa shape index (κ1) is 5.17. The number of nitrogen functional groups attached to an aromatic ring is 1. The van der Waals surface area contributed by atoms with Gasteiger partial charge in [-0.05, 0) is 0 Å². The summed E-state index contributed by atoms with van der Waals surface area (Å²) < 4.78 is 0. The van der Waals surface area contributed by atoms with E-state index in [2.05, 4.69) is 10.2 Å². The fraction of sp³-hybridized carbons (Fsp3) is 0. The molecule has 0 aliphatic carbocycles. The third-order valence-electron chi connectivity index (χ3n) is 0.580. The molecule has 3 N–H and O–H groups in total. The monoisotopic (exact) mass is 128 g/mol. The van der Waals surface area contributed by atoms with E-state index in [1.54, 1.807) is 0 Å². The van der Waals surface area contributed by atoms with Crippen LogP contribution in [0.25, 0.3) is 0 Å². The number of anilines is 1. The Bertz CT molecular complexity index is 193. The average Bonchev–Trinajstić information content (AvgIpc) is 2.14. The van der Waals surface area contributed by atoms with Gasteiger partial charge in [-0.2, -0.15) is 0 Å². The summed E-state index contributed by atoms with van der Waals surface area (Å²) in [7, 11) is 0. The maximum absolute atomic E-state index is 6.68. The van der Waals surface area contributed by atoms with Gasteiger partial charge in [-0.25, -0.2) is 0 Å². The molecule has 42 valence electrons. The Morgan fingerprint density at radius 2 is 2.38 bits per heavy atom. The van der Waals surface area contributed by atoms with E-state index in [0.717, 1.165) is 6.21 Å². The summed E-state index contributed by atoms with van der Waals surface area (Å²) in [6, 6.07) is 0. The molecule has 1 aromatic rings. The SMILES string of the molecule is N=Cc1nnc(N)s1. The summed E-state index contributed by atoms with van der Waals surface area (Å²) in [5, 5.41) is 14.7. The molecule has 0 atom stereocenters. The number of aromatic nitrogens is 2. The van der Waals surface area contributed by atoms with E-state index in [1.165, 1.54) is 11.3 Å². The third kappa shape index (κ3) is 0.812. The van der Waals surface area contributed by atoms with Gasteiger partial charge in [0, 0.05) is 0 Å². The standard InChI is InChI=1S/C3H4N4S/c4-1-2-6-7-3(5)8-2/h1,4H,(H2,5,7). The van der Waals surface area contributed by atoms with Crippen molar-refractivity contribution in [1.29, 1.82) is 5.41 Å². The van der Waals surface area contributed by atoms with E-state index < -0.39 is 0 Å². The lowest BCUT2D eigenvalue weighted by Crippen LogP contribution is -1.80. The molecule has 5 heteroatoms. The normalized spacial score (nSPS) is 9.00. The van der Waals surface area contributed by atoms with Gasteiger partial charge in [0.05, 0.1) is 6.21 Å². The third-order valence-corrected chi connectivity index (χ3v) is 1.28. The minimum absolute atomic E-state index is 0.406. The average molecular weight is 128 g/mol. The molecule has 0 aliphatic rings. The molecule has 8 heavy (non-hydrogen) atoms. The van der Waals surface area contributed by atoms with Gasteiger partial charge in [-0.15, -0.1) is 10.2 Å². The van der Waals surface area contributed by atoms with Crippen LogP contribution in [0.15, 0.2) is 0 Å². The van der Waals surface area contributed by atoms with E-state index in [1.807, 2.05) is 0 Å². The summed E-state index contributed by atoms with van der Waals surface area (Å²) in [6.45, 7) is 0. The van der Waals surface area contributed by atoms with Crippen molar-refractivity contribution in [2.24, 2.45) is 0 Å².